The predicted molar refractivity (Wildman–Crippen MR) is 141 cm³/mol. The maximum absolute atomic E-state index is 12.6. The molecule has 1 aromatic heterocycles. The average molecular weight is 506 g/mol. The van der Waals surface area contributed by atoms with Crippen LogP contribution >= 0.6 is 11.3 Å². The summed E-state index contributed by atoms with van der Waals surface area (Å²) in [4.78, 5) is 39.1. The van der Waals surface area contributed by atoms with Crippen molar-refractivity contribution in [2.24, 2.45) is 5.92 Å². The van der Waals surface area contributed by atoms with E-state index in [2.05, 4.69) is 39.9 Å². The fraction of sp³-hybridized carbons (Fsp3) is 0.370. The molecule has 1 atom stereocenters. The maximum Gasteiger partial charge on any atom is 0.257 e. The number of carbonyl (C=O) groups is 3. The molecule has 36 heavy (non-hydrogen) atoms. The summed E-state index contributed by atoms with van der Waals surface area (Å²) in [6.45, 7) is 3.24. The summed E-state index contributed by atoms with van der Waals surface area (Å²) in [7, 11) is 0. The highest BCUT2D eigenvalue weighted by atomic mass is 32.1. The minimum Gasteiger partial charge on any atom is -0.342 e. The van der Waals surface area contributed by atoms with Crippen LogP contribution in [-0.4, -0.2) is 45.9 Å². The van der Waals surface area contributed by atoms with Crippen LogP contribution in [0.1, 0.15) is 53.5 Å². The van der Waals surface area contributed by atoms with Crippen molar-refractivity contribution in [2.75, 3.05) is 23.7 Å². The van der Waals surface area contributed by atoms with Crippen LogP contribution < -0.4 is 10.6 Å². The van der Waals surface area contributed by atoms with Gasteiger partial charge in [-0.2, -0.15) is 0 Å². The minimum atomic E-state index is -0.350. The van der Waals surface area contributed by atoms with Gasteiger partial charge in [-0.3, -0.25) is 19.7 Å². The lowest BCUT2D eigenvalue weighted by molar-refractivity contribution is -0.128. The molecule has 2 N–H and O–H groups in total. The van der Waals surface area contributed by atoms with Crippen LogP contribution in [0.3, 0.4) is 0 Å². The van der Waals surface area contributed by atoms with E-state index in [0.717, 1.165) is 37.1 Å². The Morgan fingerprint density at radius 2 is 1.78 bits per heavy atom. The van der Waals surface area contributed by atoms with E-state index in [0.29, 0.717) is 29.5 Å². The number of aryl methyl sites for hydroxylation is 2. The van der Waals surface area contributed by atoms with Gasteiger partial charge in [0.15, 0.2) is 0 Å². The lowest BCUT2D eigenvalue weighted by Gasteiger charge is -2.16. The van der Waals surface area contributed by atoms with Crippen molar-refractivity contribution < 1.29 is 14.4 Å². The molecule has 188 valence electrons. The summed E-state index contributed by atoms with van der Waals surface area (Å²) >= 11 is 1.38. The van der Waals surface area contributed by atoms with Gasteiger partial charge in [-0.25, -0.2) is 0 Å². The third-order valence-electron chi connectivity index (χ3n) is 6.17. The number of rotatable bonds is 11. The van der Waals surface area contributed by atoms with Gasteiger partial charge in [0.1, 0.15) is 5.01 Å². The molecule has 1 saturated heterocycles. The standard InChI is InChI=1S/C27H31N5O3S/c1-2-3-16-32-18-21(17-24(32)33)26(35)28-22-14-12-20(13-15-22)25(34)29-27-31-30-23(36-27)11-7-10-19-8-5-4-6-9-19/h4-6,8-9,12-15,21H,2-3,7,10-11,16-18H2,1H3,(H,28,35)(H,29,31,34). The molecule has 2 aromatic carbocycles. The normalized spacial score (nSPS) is 15.2. The van der Waals surface area contributed by atoms with E-state index in [1.54, 1.807) is 29.2 Å². The summed E-state index contributed by atoms with van der Waals surface area (Å²) in [5, 5.41) is 15.3. The highest BCUT2D eigenvalue weighted by Crippen LogP contribution is 2.22. The van der Waals surface area contributed by atoms with Gasteiger partial charge < -0.3 is 10.2 Å². The van der Waals surface area contributed by atoms with Crippen molar-refractivity contribution in [3.8, 4) is 0 Å². The van der Waals surface area contributed by atoms with E-state index in [-0.39, 0.29) is 30.1 Å². The van der Waals surface area contributed by atoms with Gasteiger partial charge in [-0.1, -0.05) is 55.0 Å². The largest absolute Gasteiger partial charge is 0.342 e. The number of amides is 3. The Hall–Kier alpha value is -3.59. The van der Waals surface area contributed by atoms with E-state index >= 15 is 0 Å². The summed E-state index contributed by atoms with van der Waals surface area (Å²) in [6, 6.07) is 17.0. The number of likely N-dealkylation sites (tertiary alicyclic amines) is 1. The SMILES string of the molecule is CCCCN1CC(C(=O)Nc2ccc(C(=O)Nc3nnc(CCCc4ccccc4)s3)cc2)CC1=O. The van der Waals surface area contributed by atoms with Crippen molar-refractivity contribution in [2.45, 2.75) is 45.4 Å². The van der Waals surface area contributed by atoms with Crippen LogP contribution in [0.5, 0.6) is 0 Å². The predicted octanol–water partition coefficient (Wildman–Crippen LogP) is 4.55. The fourth-order valence-corrected chi connectivity index (χ4v) is 4.90. The van der Waals surface area contributed by atoms with Crippen molar-refractivity contribution in [1.82, 2.24) is 15.1 Å². The molecule has 0 bridgehead atoms. The van der Waals surface area contributed by atoms with Crippen molar-refractivity contribution >= 4 is 39.9 Å². The third-order valence-corrected chi connectivity index (χ3v) is 7.07. The van der Waals surface area contributed by atoms with E-state index in [4.69, 9.17) is 0 Å². The molecule has 1 unspecified atom stereocenters. The van der Waals surface area contributed by atoms with E-state index in [9.17, 15) is 14.4 Å². The molecule has 3 aromatic rings. The van der Waals surface area contributed by atoms with E-state index in [1.807, 2.05) is 18.2 Å². The van der Waals surface area contributed by atoms with Gasteiger partial charge in [0.2, 0.25) is 16.9 Å². The smallest absolute Gasteiger partial charge is 0.257 e. The Morgan fingerprint density at radius 1 is 1.00 bits per heavy atom. The van der Waals surface area contributed by atoms with Crippen LogP contribution in [0.15, 0.2) is 54.6 Å². The first kappa shape index (κ1) is 25.5. The average Bonchev–Trinajstić information content (AvgIpc) is 3.49. The van der Waals surface area contributed by atoms with Gasteiger partial charge in [0, 0.05) is 37.2 Å². The number of benzene rings is 2. The molecular formula is C27H31N5O3S. The number of hydrogen-bond acceptors (Lipinski definition) is 6. The molecular weight excluding hydrogens is 474 g/mol. The first-order valence-electron chi connectivity index (χ1n) is 12.4. The maximum atomic E-state index is 12.6. The minimum absolute atomic E-state index is 0.0339. The quantitative estimate of drug-likeness (QED) is 0.398. The fourth-order valence-electron chi connectivity index (χ4n) is 4.12. The highest BCUT2D eigenvalue weighted by molar-refractivity contribution is 7.15. The van der Waals surface area contributed by atoms with Gasteiger partial charge in [-0.05, 0) is 49.1 Å². The Kier molecular flexibility index (Phi) is 8.78. The molecule has 1 aliphatic rings. The summed E-state index contributed by atoms with van der Waals surface area (Å²) in [5.41, 5.74) is 2.34. The molecule has 9 heteroatoms. The van der Waals surface area contributed by atoms with Gasteiger partial charge in [-0.15, -0.1) is 10.2 Å². The van der Waals surface area contributed by atoms with Crippen molar-refractivity contribution in [1.29, 1.82) is 0 Å². The molecule has 4 rings (SSSR count). The zero-order valence-electron chi connectivity index (χ0n) is 20.4. The van der Waals surface area contributed by atoms with Gasteiger partial charge >= 0.3 is 0 Å². The third kappa shape index (κ3) is 6.97. The summed E-state index contributed by atoms with van der Waals surface area (Å²) < 4.78 is 0. The topological polar surface area (TPSA) is 104 Å². The number of nitrogens with one attached hydrogen (secondary N) is 2. The Morgan fingerprint density at radius 3 is 2.53 bits per heavy atom. The second-order valence-electron chi connectivity index (χ2n) is 8.96. The molecule has 0 aliphatic carbocycles. The molecule has 1 fully saturated rings. The Bertz CT molecular complexity index is 1180. The molecule has 0 saturated carbocycles. The van der Waals surface area contributed by atoms with Crippen molar-refractivity contribution in [3.63, 3.8) is 0 Å². The number of aromatic nitrogens is 2. The molecule has 1 aliphatic heterocycles. The van der Waals surface area contributed by atoms with Crippen LogP contribution in [-0.2, 0) is 22.4 Å². The van der Waals surface area contributed by atoms with Crippen LogP contribution in [0.25, 0.3) is 0 Å². The lowest BCUT2D eigenvalue weighted by atomic mass is 10.1. The second-order valence-corrected chi connectivity index (χ2v) is 10.0. The van der Waals surface area contributed by atoms with Crippen LogP contribution in [0, 0.1) is 5.92 Å². The monoisotopic (exact) mass is 505 g/mol. The zero-order valence-corrected chi connectivity index (χ0v) is 21.2. The number of anilines is 2. The molecule has 2 heterocycles. The first-order valence-corrected chi connectivity index (χ1v) is 13.2. The van der Waals surface area contributed by atoms with E-state index < -0.39 is 0 Å². The number of nitrogens with zero attached hydrogens (tertiary/aromatic N) is 3. The Labute approximate surface area is 215 Å². The first-order chi connectivity index (χ1) is 17.5. The van der Waals surface area contributed by atoms with Gasteiger partial charge in [0.25, 0.3) is 5.91 Å². The second kappa shape index (κ2) is 12.4. The van der Waals surface area contributed by atoms with Crippen LogP contribution in [0.2, 0.25) is 0 Å². The number of unbranched alkanes of at least 4 members (excludes halogenated alkanes) is 1. The molecule has 3 amide bonds. The molecule has 0 spiro atoms. The van der Waals surface area contributed by atoms with Crippen molar-refractivity contribution in [3.05, 3.63) is 70.7 Å². The van der Waals surface area contributed by atoms with E-state index in [1.165, 1.54) is 16.9 Å². The summed E-state index contributed by atoms with van der Waals surface area (Å²) in [6.07, 6.45) is 4.93. The Balaban J connectivity index is 1.24. The zero-order chi connectivity index (χ0) is 25.3. The van der Waals surface area contributed by atoms with Gasteiger partial charge in [0.05, 0.1) is 5.92 Å². The van der Waals surface area contributed by atoms with Crippen LogP contribution in [0.4, 0.5) is 10.8 Å². The molecule has 8 nitrogen and oxygen atoms in total. The molecule has 0 radical (unpaired) electrons. The number of carbonyl (C=O) groups excluding carboxylic acids is 3. The highest BCUT2D eigenvalue weighted by Gasteiger charge is 2.33. The summed E-state index contributed by atoms with van der Waals surface area (Å²) in [5.74, 6) is -0.774. The lowest BCUT2D eigenvalue weighted by Crippen LogP contribution is -2.29. The number of hydrogen-bond donors (Lipinski definition) is 2.